The molecule has 56 valence electrons. The molecule has 0 aliphatic carbocycles. The molecule has 0 aromatic heterocycles. The summed E-state index contributed by atoms with van der Waals surface area (Å²) in [5.41, 5.74) is 2.62. The van der Waals surface area contributed by atoms with Crippen molar-refractivity contribution in [3.63, 3.8) is 0 Å². The molecule has 10 heavy (non-hydrogen) atoms. The van der Waals surface area contributed by atoms with E-state index in [1.807, 2.05) is 6.92 Å². The summed E-state index contributed by atoms with van der Waals surface area (Å²) < 4.78 is 0. The third-order valence-corrected chi connectivity index (χ3v) is 1.34. The highest BCUT2D eigenvalue weighted by atomic mass is 13.9. The van der Waals surface area contributed by atoms with Crippen molar-refractivity contribution in [2.45, 2.75) is 27.7 Å². The lowest BCUT2D eigenvalue weighted by Crippen LogP contribution is -1.70. The second kappa shape index (κ2) is 5.04. The van der Waals surface area contributed by atoms with Crippen LogP contribution in [0.15, 0.2) is 35.5 Å². The molecule has 0 unspecified atom stereocenters. The van der Waals surface area contributed by atoms with Gasteiger partial charge in [0.2, 0.25) is 0 Å². The van der Waals surface area contributed by atoms with Crippen LogP contribution in [0.1, 0.15) is 27.7 Å². The normalized spacial score (nSPS) is 14.8. The number of hydrogen-bond donors (Lipinski definition) is 0. The smallest absolute Gasteiger partial charge is 0.0398 e. The number of rotatable bonds is 2. The summed E-state index contributed by atoms with van der Waals surface area (Å²) in [5, 5.41) is 0. The molecule has 0 heteroatoms. The van der Waals surface area contributed by atoms with Crippen LogP contribution >= 0.6 is 0 Å². The minimum absolute atomic E-state index is 1.30. The minimum atomic E-state index is 1.30. The van der Waals surface area contributed by atoms with Crippen molar-refractivity contribution in [2.24, 2.45) is 0 Å². The van der Waals surface area contributed by atoms with Gasteiger partial charge in [0, 0.05) is 0 Å². The van der Waals surface area contributed by atoms with E-state index in [1.165, 1.54) is 11.1 Å². The first-order valence-electron chi connectivity index (χ1n) is 3.64. The Hall–Kier alpha value is -0.780. The van der Waals surface area contributed by atoms with Gasteiger partial charge in [-0.2, -0.15) is 0 Å². The molecule has 0 radical (unpaired) electrons. The molecule has 0 aliphatic heterocycles. The Kier molecular flexibility index (Phi) is 4.65. The summed E-state index contributed by atoms with van der Waals surface area (Å²) in [7, 11) is 0. The molecule has 0 N–H and O–H groups in total. The zero-order valence-corrected chi connectivity index (χ0v) is 7.31. The van der Waals surface area contributed by atoms with E-state index in [1.54, 1.807) is 0 Å². The Morgan fingerprint density at radius 3 is 2.00 bits per heavy atom. The first-order valence-corrected chi connectivity index (χ1v) is 3.64. The van der Waals surface area contributed by atoms with Crippen LogP contribution in [-0.4, -0.2) is 0 Å². The van der Waals surface area contributed by atoms with E-state index in [0.29, 0.717) is 0 Å². The lowest BCUT2D eigenvalue weighted by atomic mass is 10.2. The fourth-order valence-corrected chi connectivity index (χ4v) is 0.753. The van der Waals surface area contributed by atoms with E-state index >= 15 is 0 Å². The van der Waals surface area contributed by atoms with Crippen LogP contribution in [0.5, 0.6) is 0 Å². The Morgan fingerprint density at radius 2 is 1.60 bits per heavy atom. The van der Waals surface area contributed by atoms with Gasteiger partial charge in [0.05, 0.1) is 0 Å². The summed E-state index contributed by atoms with van der Waals surface area (Å²) in [6.07, 6.45) is 8.43. The van der Waals surface area contributed by atoms with E-state index < -0.39 is 0 Å². The van der Waals surface area contributed by atoms with Gasteiger partial charge in [0.15, 0.2) is 0 Å². The van der Waals surface area contributed by atoms with Crippen LogP contribution in [0, 0.1) is 0 Å². The van der Waals surface area contributed by atoms with Gasteiger partial charge in [-0.3, -0.25) is 0 Å². The Balaban J connectivity index is 4.16. The lowest BCUT2D eigenvalue weighted by molar-refractivity contribution is 1.41. The average Bonchev–Trinajstić information content (AvgIpc) is 1.88. The molecule has 0 aliphatic rings. The van der Waals surface area contributed by atoms with Crippen LogP contribution in [0.3, 0.4) is 0 Å². The van der Waals surface area contributed by atoms with Crippen molar-refractivity contribution in [1.82, 2.24) is 0 Å². The highest BCUT2D eigenvalue weighted by molar-refractivity contribution is 5.26. The molecule has 0 rings (SSSR count). The largest absolute Gasteiger partial charge is 0.0874 e. The molecule has 0 saturated carbocycles. The first-order chi connectivity index (χ1) is 4.70. The van der Waals surface area contributed by atoms with Gasteiger partial charge in [-0.1, -0.05) is 35.5 Å². The Labute approximate surface area is 64.0 Å². The molecular weight excluding hydrogens is 120 g/mol. The van der Waals surface area contributed by atoms with E-state index in [2.05, 4.69) is 45.1 Å². The quantitative estimate of drug-likeness (QED) is 0.510. The van der Waals surface area contributed by atoms with Gasteiger partial charge in [0.1, 0.15) is 0 Å². The monoisotopic (exact) mass is 136 g/mol. The van der Waals surface area contributed by atoms with Gasteiger partial charge in [-0.05, 0) is 27.7 Å². The van der Waals surface area contributed by atoms with Gasteiger partial charge >= 0.3 is 0 Å². The van der Waals surface area contributed by atoms with E-state index in [-0.39, 0.29) is 0 Å². The van der Waals surface area contributed by atoms with Gasteiger partial charge in [0.25, 0.3) is 0 Å². The van der Waals surface area contributed by atoms with Crippen molar-refractivity contribution in [1.29, 1.82) is 0 Å². The number of hydrogen-bond acceptors (Lipinski definition) is 0. The van der Waals surface area contributed by atoms with E-state index in [0.717, 1.165) is 0 Å². The maximum absolute atomic E-state index is 2.17. The van der Waals surface area contributed by atoms with Crippen LogP contribution in [0.4, 0.5) is 0 Å². The fraction of sp³-hybridized carbons (Fsp3) is 0.400. The molecule has 0 heterocycles. The topological polar surface area (TPSA) is 0 Å². The van der Waals surface area contributed by atoms with E-state index in [9.17, 15) is 0 Å². The summed E-state index contributed by atoms with van der Waals surface area (Å²) in [4.78, 5) is 0. The fourth-order valence-electron chi connectivity index (χ4n) is 0.753. The summed E-state index contributed by atoms with van der Waals surface area (Å²) in [6, 6.07) is 0. The maximum Gasteiger partial charge on any atom is -0.0398 e. The highest BCUT2D eigenvalue weighted by Gasteiger charge is 1.80. The van der Waals surface area contributed by atoms with E-state index in [4.69, 9.17) is 0 Å². The third kappa shape index (κ3) is 4.13. The molecule has 0 spiro atoms. The summed E-state index contributed by atoms with van der Waals surface area (Å²) >= 11 is 0. The van der Waals surface area contributed by atoms with Crippen molar-refractivity contribution < 1.29 is 0 Å². The average molecular weight is 136 g/mol. The van der Waals surface area contributed by atoms with Crippen LogP contribution < -0.4 is 0 Å². The second-order valence-electron chi connectivity index (χ2n) is 2.42. The zero-order chi connectivity index (χ0) is 7.98. The van der Waals surface area contributed by atoms with Gasteiger partial charge < -0.3 is 0 Å². The van der Waals surface area contributed by atoms with Gasteiger partial charge in [-0.15, -0.1) is 0 Å². The second-order valence-corrected chi connectivity index (χ2v) is 2.42. The lowest BCUT2D eigenvalue weighted by Gasteiger charge is -1.91. The predicted octanol–water partition coefficient (Wildman–Crippen LogP) is 3.48. The maximum atomic E-state index is 2.17. The van der Waals surface area contributed by atoms with Crippen molar-refractivity contribution in [3.05, 3.63) is 35.5 Å². The van der Waals surface area contributed by atoms with Crippen molar-refractivity contribution in [3.8, 4) is 0 Å². The van der Waals surface area contributed by atoms with Crippen LogP contribution in [0.2, 0.25) is 0 Å². The Morgan fingerprint density at radius 1 is 1.00 bits per heavy atom. The third-order valence-electron chi connectivity index (χ3n) is 1.34. The molecular formula is C10H16. The molecule has 0 amide bonds. The molecule has 0 aromatic carbocycles. The SMILES string of the molecule is C\C=C/C(C)=C\C(C)=C\C. The molecule has 0 nitrogen and oxygen atoms in total. The summed E-state index contributed by atoms with van der Waals surface area (Å²) in [6.45, 7) is 8.29. The van der Waals surface area contributed by atoms with Gasteiger partial charge in [-0.25, -0.2) is 0 Å². The molecule has 0 atom stereocenters. The van der Waals surface area contributed by atoms with Crippen molar-refractivity contribution in [2.75, 3.05) is 0 Å². The molecule has 0 fully saturated rings. The summed E-state index contributed by atoms with van der Waals surface area (Å²) in [5.74, 6) is 0. The molecule has 0 aromatic rings. The van der Waals surface area contributed by atoms with Crippen LogP contribution in [-0.2, 0) is 0 Å². The standard InChI is InChI=1S/C10H16/c1-5-7-10(4)8-9(3)6-2/h5-8H,1-4H3/b7-5-,9-6+,10-8-. The molecule has 0 bridgehead atoms. The number of allylic oxidation sites excluding steroid dienone is 6. The minimum Gasteiger partial charge on any atom is -0.0874 e. The highest BCUT2D eigenvalue weighted by Crippen LogP contribution is 2.01. The molecule has 0 saturated heterocycles. The van der Waals surface area contributed by atoms with Crippen molar-refractivity contribution >= 4 is 0 Å². The van der Waals surface area contributed by atoms with Crippen LogP contribution in [0.25, 0.3) is 0 Å². The Bertz CT molecular complexity index is 168. The zero-order valence-electron chi connectivity index (χ0n) is 7.31. The predicted molar refractivity (Wildman–Crippen MR) is 48.0 cm³/mol. The first kappa shape index (κ1) is 9.22.